The molecule has 5 nitrogen and oxygen atoms in total. The van der Waals surface area contributed by atoms with Crippen LogP contribution in [-0.2, 0) is 17.0 Å². The third kappa shape index (κ3) is 3.91. The first-order valence-corrected chi connectivity index (χ1v) is 5.91. The number of nitrogens with zero attached hydrogens (tertiary/aromatic N) is 2. The second kappa shape index (κ2) is 5.75. The fraction of sp³-hybridized carbons (Fsp3) is 0.667. The normalized spacial score (nSPS) is 12.7. The molecular formula is C9H14N2O3S. The molecule has 0 fully saturated rings. The summed E-state index contributed by atoms with van der Waals surface area (Å²) in [5, 5.41) is 12.4. The minimum atomic E-state index is -0.776. The maximum atomic E-state index is 10.5. The Morgan fingerprint density at radius 2 is 2.40 bits per heavy atom. The lowest BCUT2D eigenvalue weighted by Gasteiger charge is -2.02. The van der Waals surface area contributed by atoms with E-state index in [1.54, 1.807) is 6.92 Å². The van der Waals surface area contributed by atoms with Gasteiger partial charge in [-0.1, -0.05) is 19.0 Å². The highest BCUT2D eigenvalue weighted by Crippen LogP contribution is 2.14. The number of thioether (sulfide) groups is 1. The summed E-state index contributed by atoms with van der Waals surface area (Å²) in [6, 6.07) is 0. The number of hydrogen-bond donors (Lipinski definition) is 1. The SMILES string of the molecule is CCc1noc(CSCC(C)C(=O)O)n1. The molecule has 84 valence electrons. The average Bonchev–Trinajstić information content (AvgIpc) is 2.65. The topological polar surface area (TPSA) is 76.2 Å². The molecule has 1 aromatic heterocycles. The molecule has 0 aliphatic heterocycles. The Kier molecular flexibility index (Phi) is 4.61. The molecule has 1 rings (SSSR count). The average molecular weight is 230 g/mol. The number of carbonyl (C=O) groups is 1. The van der Waals surface area contributed by atoms with E-state index >= 15 is 0 Å². The molecule has 1 heterocycles. The van der Waals surface area contributed by atoms with Gasteiger partial charge >= 0.3 is 5.97 Å². The molecule has 0 aliphatic carbocycles. The Hall–Kier alpha value is -1.04. The smallest absolute Gasteiger partial charge is 0.307 e. The molecule has 0 radical (unpaired) electrons. The molecule has 15 heavy (non-hydrogen) atoms. The van der Waals surface area contributed by atoms with E-state index in [9.17, 15) is 4.79 Å². The molecule has 6 heteroatoms. The number of aliphatic carboxylic acids is 1. The number of carboxylic acids is 1. The van der Waals surface area contributed by atoms with Gasteiger partial charge in [0.05, 0.1) is 11.7 Å². The van der Waals surface area contributed by atoms with E-state index in [-0.39, 0.29) is 5.92 Å². The fourth-order valence-corrected chi connectivity index (χ4v) is 1.79. The predicted molar refractivity (Wildman–Crippen MR) is 56.6 cm³/mol. The molecule has 0 saturated carbocycles. The summed E-state index contributed by atoms with van der Waals surface area (Å²) in [6.07, 6.45) is 0.750. The Bertz CT molecular complexity index is 327. The van der Waals surface area contributed by atoms with Gasteiger partial charge in [0.25, 0.3) is 0 Å². The van der Waals surface area contributed by atoms with E-state index in [2.05, 4.69) is 10.1 Å². The van der Waals surface area contributed by atoms with E-state index in [0.29, 0.717) is 23.2 Å². The van der Waals surface area contributed by atoms with Gasteiger partial charge in [0.15, 0.2) is 5.82 Å². The van der Waals surface area contributed by atoms with Crippen LogP contribution in [0.25, 0.3) is 0 Å². The van der Waals surface area contributed by atoms with Crippen molar-refractivity contribution >= 4 is 17.7 Å². The van der Waals surface area contributed by atoms with Gasteiger partial charge in [-0.2, -0.15) is 16.7 Å². The highest BCUT2D eigenvalue weighted by molar-refractivity contribution is 7.98. The summed E-state index contributed by atoms with van der Waals surface area (Å²) in [7, 11) is 0. The van der Waals surface area contributed by atoms with Crippen LogP contribution in [0, 0.1) is 5.92 Å². The first-order chi connectivity index (χ1) is 7.13. The Morgan fingerprint density at radius 1 is 1.67 bits per heavy atom. The van der Waals surface area contributed by atoms with Crippen molar-refractivity contribution in [3.05, 3.63) is 11.7 Å². The first kappa shape index (κ1) is 12.0. The maximum absolute atomic E-state index is 10.5. The van der Waals surface area contributed by atoms with Crippen LogP contribution in [0.5, 0.6) is 0 Å². The van der Waals surface area contributed by atoms with Crippen molar-refractivity contribution in [3.63, 3.8) is 0 Å². The molecule has 0 saturated heterocycles. The van der Waals surface area contributed by atoms with Crippen molar-refractivity contribution in [2.75, 3.05) is 5.75 Å². The number of aromatic nitrogens is 2. The van der Waals surface area contributed by atoms with Gasteiger partial charge in [-0.15, -0.1) is 0 Å². The third-order valence-electron chi connectivity index (χ3n) is 1.84. The van der Waals surface area contributed by atoms with E-state index in [4.69, 9.17) is 9.63 Å². The highest BCUT2D eigenvalue weighted by atomic mass is 32.2. The van der Waals surface area contributed by atoms with Crippen molar-refractivity contribution in [2.45, 2.75) is 26.0 Å². The zero-order valence-corrected chi connectivity index (χ0v) is 9.58. The lowest BCUT2D eigenvalue weighted by Crippen LogP contribution is -2.11. The molecule has 1 N–H and O–H groups in total. The van der Waals surface area contributed by atoms with Gasteiger partial charge < -0.3 is 9.63 Å². The second-order valence-corrected chi connectivity index (χ2v) is 4.24. The minimum Gasteiger partial charge on any atom is -0.481 e. The van der Waals surface area contributed by atoms with Gasteiger partial charge in [-0.3, -0.25) is 4.79 Å². The van der Waals surface area contributed by atoms with Gasteiger partial charge in [-0.25, -0.2) is 0 Å². The van der Waals surface area contributed by atoms with Gasteiger partial charge in [-0.05, 0) is 0 Å². The molecule has 1 atom stereocenters. The second-order valence-electron chi connectivity index (χ2n) is 3.21. The highest BCUT2D eigenvalue weighted by Gasteiger charge is 2.11. The number of aryl methyl sites for hydroxylation is 1. The van der Waals surface area contributed by atoms with Crippen molar-refractivity contribution in [1.29, 1.82) is 0 Å². The molecule has 0 bridgehead atoms. The zero-order chi connectivity index (χ0) is 11.3. The van der Waals surface area contributed by atoms with Crippen LogP contribution >= 0.6 is 11.8 Å². The predicted octanol–water partition coefficient (Wildman–Crippen LogP) is 1.59. The molecule has 0 aliphatic rings. The van der Waals surface area contributed by atoms with E-state index < -0.39 is 5.97 Å². The molecule has 1 unspecified atom stereocenters. The zero-order valence-electron chi connectivity index (χ0n) is 8.77. The van der Waals surface area contributed by atoms with Gasteiger partial charge in [0.2, 0.25) is 5.89 Å². The maximum Gasteiger partial charge on any atom is 0.307 e. The minimum absolute atomic E-state index is 0.344. The van der Waals surface area contributed by atoms with Crippen molar-refractivity contribution < 1.29 is 14.4 Å². The first-order valence-electron chi connectivity index (χ1n) is 4.75. The van der Waals surface area contributed by atoms with Crippen LogP contribution in [0.2, 0.25) is 0 Å². The molecule has 0 aromatic carbocycles. The summed E-state index contributed by atoms with van der Waals surface area (Å²) < 4.78 is 4.97. The van der Waals surface area contributed by atoms with Gasteiger partial charge in [0.1, 0.15) is 0 Å². The molecular weight excluding hydrogens is 216 g/mol. The Balaban J connectivity index is 2.28. The van der Waals surface area contributed by atoms with Crippen LogP contribution in [-0.4, -0.2) is 27.0 Å². The number of carboxylic acid groups (broad SMARTS) is 1. The summed E-state index contributed by atoms with van der Waals surface area (Å²) in [4.78, 5) is 14.7. The molecule has 1 aromatic rings. The summed E-state index contributed by atoms with van der Waals surface area (Å²) in [5.74, 6) is 1.27. The van der Waals surface area contributed by atoms with Crippen LogP contribution in [0.1, 0.15) is 25.6 Å². The van der Waals surface area contributed by atoms with Crippen molar-refractivity contribution in [3.8, 4) is 0 Å². The van der Waals surface area contributed by atoms with E-state index in [1.807, 2.05) is 6.92 Å². The van der Waals surface area contributed by atoms with Gasteiger partial charge in [0, 0.05) is 12.2 Å². The lowest BCUT2D eigenvalue weighted by atomic mass is 10.2. The quantitative estimate of drug-likeness (QED) is 0.799. The molecule has 0 amide bonds. The van der Waals surface area contributed by atoms with Crippen LogP contribution in [0.15, 0.2) is 4.52 Å². The van der Waals surface area contributed by atoms with E-state index in [0.717, 1.165) is 6.42 Å². The van der Waals surface area contributed by atoms with E-state index in [1.165, 1.54) is 11.8 Å². The summed E-state index contributed by atoms with van der Waals surface area (Å²) in [5.41, 5.74) is 0. The Labute approximate surface area is 92.2 Å². The van der Waals surface area contributed by atoms with Crippen LogP contribution < -0.4 is 0 Å². The monoisotopic (exact) mass is 230 g/mol. The summed E-state index contributed by atoms with van der Waals surface area (Å²) >= 11 is 1.49. The van der Waals surface area contributed by atoms with Crippen LogP contribution in [0.3, 0.4) is 0 Å². The Morgan fingerprint density at radius 3 is 2.93 bits per heavy atom. The fourth-order valence-electron chi connectivity index (χ4n) is 0.887. The summed E-state index contributed by atoms with van der Waals surface area (Å²) in [6.45, 7) is 3.63. The molecule has 0 spiro atoms. The number of hydrogen-bond acceptors (Lipinski definition) is 5. The van der Waals surface area contributed by atoms with Crippen molar-refractivity contribution in [2.24, 2.45) is 5.92 Å². The lowest BCUT2D eigenvalue weighted by molar-refractivity contribution is -0.140. The van der Waals surface area contributed by atoms with Crippen molar-refractivity contribution in [1.82, 2.24) is 10.1 Å². The standard InChI is InChI=1S/C9H14N2O3S/c1-3-7-10-8(14-11-7)5-15-4-6(2)9(12)13/h6H,3-5H2,1-2H3,(H,12,13). The van der Waals surface area contributed by atoms with Crippen LogP contribution in [0.4, 0.5) is 0 Å². The third-order valence-corrected chi connectivity index (χ3v) is 3.03. The largest absolute Gasteiger partial charge is 0.481 e. The number of rotatable bonds is 6.